The third-order valence-corrected chi connectivity index (χ3v) is 5.11. The van der Waals surface area contributed by atoms with Crippen LogP contribution in [0.3, 0.4) is 0 Å². The van der Waals surface area contributed by atoms with Gasteiger partial charge in [-0.3, -0.25) is 9.36 Å². The number of hydrogen-bond acceptors (Lipinski definition) is 6. The Balaban J connectivity index is 1.53. The number of rotatable bonds is 7. The standard InChI is InChI=1S/C17H20N4O3S/c18-14-6-7-20(17(23)19-14)8-9-21-15(22)12-25-16(21)11-24-10-13-4-2-1-3-5-13/h1-7,16H,8-12H2,(H2,18,19,23). The van der Waals surface area contributed by atoms with E-state index in [1.54, 1.807) is 28.9 Å². The summed E-state index contributed by atoms with van der Waals surface area (Å²) in [5, 5.41) is -0.0337. The lowest BCUT2D eigenvalue weighted by Crippen LogP contribution is -2.39. The van der Waals surface area contributed by atoms with E-state index in [-0.39, 0.29) is 17.1 Å². The Labute approximate surface area is 149 Å². The molecule has 0 saturated carbocycles. The van der Waals surface area contributed by atoms with Gasteiger partial charge in [0.1, 0.15) is 11.2 Å². The summed E-state index contributed by atoms with van der Waals surface area (Å²) < 4.78 is 7.21. The fraction of sp³-hybridized carbons (Fsp3) is 0.353. The Bertz CT molecular complexity index is 781. The van der Waals surface area contributed by atoms with Crippen molar-refractivity contribution < 1.29 is 9.53 Å². The summed E-state index contributed by atoms with van der Waals surface area (Å²) in [4.78, 5) is 29.3. The first-order chi connectivity index (χ1) is 12.1. The highest BCUT2D eigenvalue weighted by Gasteiger charge is 2.31. The average molecular weight is 360 g/mol. The Morgan fingerprint density at radius 3 is 2.76 bits per heavy atom. The third-order valence-electron chi connectivity index (χ3n) is 3.92. The van der Waals surface area contributed by atoms with E-state index in [1.165, 1.54) is 4.57 Å². The van der Waals surface area contributed by atoms with Gasteiger partial charge in [0, 0.05) is 19.3 Å². The zero-order valence-corrected chi connectivity index (χ0v) is 14.5. The molecule has 0 radical (unpaired) electrons. The summed E-state index contributed by atoms with van der Waals surface area (Å²) in [5.74, 6) is 0.699. The number of carbonyl (C=O) groups is 1. The highest BCUT2D eigenvalue weighted by Crippen LogP contribution is 2.25. The molecular formula is C17H20N4O3S. The number of ether oxygens (including phenoxy) is 1. The molecule has 1 aliphatic heterocycles. The number of amides is 1. The zero-order chi connectivity index (χ0) is 17.6. The Hall–Kier alpha value is -2.32. The number of nitrogen functional groups attached to an aromatic ring is 1. The van der Waals surface area contributed by atoms with Crippen molar-refractivity contribution in [2.45, 2.75) is 18.5 Å². The minimum absolute atomic E-state index is 0.0337. The summed E-state index contributed by atoms with van der Waals surface area (Å²) in [5.41, 5.74) is 6.18. The maximum Gasteiger partial charge on any atom is 0.349 e. The topological polar surface area (TPSA) is 90.5 Å². The highest BCUT2D eigenvalue weighted by molar-refractivity contribution is 8.01. The molecule has 1 unspecified atom stereocenters. The van der Waals surface area contributed by atoms with Crippen LogP contribution < -0.4 is 11.4 Å². The van der Waals surface area contributed by atoms with Gasteiger partial charge in [0.05, 0.1) is 19.0 Å². The largest absolute Gasteiger partial charge is 0.383 e. The van der Waals surface area contributed by atoms with Gasteiger partial charge in [0.2, 0.25) is 5.91 Å². The van der Waals surface area contributed by atoms with Crippen LogP contribution in [0.25, 0.3) is 0 Å². The average Bonchev–Trinajstić information content (AvgIpc) is 2.95. The quantitative estimate of drug-likeness (QED) is 0.790. The first-order valence-corrected chi connectivity index (χ1v) is 9.04. The van der Waals surface area contributed by atoms with Crippen molar-refractivity contribution in [1.82, 2.24) is 14.5 Å². The van der Waals surface area contributed by atoms with Crippen molar-refractivity contribution in [3.63, 3.8) is 0 Å². The molecule has 0 aliphatic carbocycles. The first kappa shape index (κ1) is 17.5. The molecule has 25 heavy (non-hydrogen) atoms. The Morgan fingerprint density at radius 2 is 2.00 bits per heavy atom. The van der Waals surface area contributed by atoms with Gasteiger partial charge in [0.15, 0.2) is 0 Å². The number of benzene rings is 1. The van der Waals surface area contributed by atoms with Crippen LogP contribution >= 0.6 is 11.8 Å². The van der Waals surface area contributed by atoms with Crippen molar-refractivity contribution in [3.05, 3.63) is 58.6 Å². The normalized spacial score (nSPS) is 17.2. The lowest BCUT2D eigenvalue weighted by Gasteiger charge is -2.24. The van der Waals surface area contributed by atoms with Crippen molar-refractivity contribution in [3.8, 4) is 0 Å². The second-order valence-corrected chi connectivity index (χ2v) is 6.85. The predicted molar refractivity (Wildman–Crippen MR) is 97.0 cm³/mol. The van der Waals surface area contributed by atoms with Crippen LogP contribution in [0.4, 0.5) is 5.82 Å². The van der Waals surface area contributed by atoms with Crippen LogP contribution in [-0.4, -0.2) is 44.6 Å². The minimum Gasteiger partial charge on any atom is -0.383 e. The number of anilines is 1. The molecule has 1 aliphatic rings. The van der Waals surface area contributed by atoms with E-state index >= 15 is 0 Å². The Kier molecular flexibility index (Phi) is 5.72. The summed E-state index contributed by atoms with van der Waals surface area (Å²) in [7, 11) is 0. The lowest BCUT2D eigenvalue weighted by molar-refractivity contribution is -0.129. The molecular weight excluding hydrogens is 340 g/mol. The van der Waals surface area contributed by atoms with Crippen molar-refractivity contribution in [2.24, 2.45) is 0 Å². The van der Waals surface area contributed by atoms with Gasteiger partial charge in [-0.2, -0.15) is 4.98 Å². The monoisotopic (exact) mass is 360 g/mol. The fourth-order valence-electron chi connectivity index (χ4n) is 2.59. The van der Waals surface area contributed by atoms with Crippen LogP contribution in [0.1, 0.15) is 5.56 Å². The maximum atomic E-state index is 12.1. The van der Waals surface area contributed by atoms with E-state index in [1.807, 2.05) is 30.3 Å². The lowest BCUT2D eigenvalue weighted by atomic mass is 10.2. The van der Waals surface area contributed by atoms with Crippen molar-refractivity contribution in [1.29, 1.82) is 0 Å². The SMILES string of the molecule is Nc1ccn(CCN2C(=O)CSC2COCc2ccccc2)c(=O)n1. The minimum atomic E-state index is -0.406. The number of nitrogens with zero attached hydrogens (tertiary/aromatic N) is 3. The zero-order valence-electron chi connectivity index (χ0n) is 13.7. The molecule has 1 fully saturated rings. The molecule has 1 aromatic heterocycles. The number of carbonyl (C=O) groups excluding carboxylic acids is 1. The van der Waals surface area contributed by atoms with E-state index in [4.69, 9.17) is 10.5 Å². The van der Waals surface area contributed by atoms with Crippen LogP contribution in [0.2, 0.25) is 0 Å². The van der Waals surface area contributed by atoms with Gasteiger partial charge >= 0.3 is 5.69 Å². The Morgan fingerprint density at radius 1 is 1.20 bits per heavy atom. The maximum absolute atomic E-state index is 12.1. The van der Waals surface area contributed by atoms with Crippen molar-refractivity contribution >= 4 is 23.5 Å². The molecule has 1 saturated heterocycles. The molecule has 1 atom stereocenters. The molecule has 2 N–H and O–H groups in total. The van der Waals surface area contributed by atoms with Crippen molar-refractivity contribution in [2.75, 3.05) is 24.6 Å². The molecule has 1 aromatic carbocycles. The third kappa shape index (κ3) is 4.61. The van der Waals surface area contributed by atoms with Crippen LogP contribution in [0, 0.1) is 0 Å². The molecule has 1 amide bonds. The number of nitrogens with two attached hydrogens (primary N) is 1. The molecule has 8 heteroatoms. The van der Waals surface area contributed by atoms with Gasteiger partial charge in [-0.25, -0.2) is 4.79 Å². The number of aromatic nitrogens is 2. The molecule has 0 bridgehead atoms. The van der Waals surface area contributed by atoms with Gasteiger partial charge in [-0.05, 0) is 11.6 Å². The number of thioether (sulfide) groups is 1. The van der Waals surface area contributed by atoms with E-state index in [9.17, 15) is 9.59 Å². The molecule has 0 spiro atoms. The molecule has 132 valence electrons. The second-order valence-electron chi connectivity index (χ2n) is 5.68. The molecule has 7 nitrogen and oxygen atoms in total. The van der Waals surface area contributed by atoms with Gasteiger partial charge in [0.25, 0.3) is 0 Å². The predicted octanol–water partition coefficient (Wildman–Crippen LogP) is 0.944. The van der Waals surface area contributed by atoms with E-state index in [2.05, 4.69) is 4.98 Å². The second kappa shape index (κ2) is 8.17. The summed E-state index contributed by atoms with van der Waals surface area (Å²) >= 11 is 1.56. The summed E-state index contributed by atoms with van der Waals surface area (Å²) in [6.45, 7) is 1.80. The van der Waals surface area contributed by atoms with E-state index in [0.29, 0.717) is 32.1 Å². The van der Waals surface area contributed by atoms with Gasteiger partial charge in [-0.1, -0.05) is 30.3 Å². The summed E-state index contributed by atoms with van der Waals surface area (Å²) in [6, 6.07) is 11.5. The fourth-order valence-corrected chi connectivity index (χ4v) is 3.68. The highest BCUT2D eigenvalue weighted by atomic mass is 32.2. The molecule has 3 rings (SSSR count). The van der Waals surface area contributed by atoms with Gasteiger partial charge < -0.3 is 15.4 Å². The van der Waals surface area contributed by atoms with Crippen LogP contribution in [0.15, 0.2) is 47.4 Å². The summed E-state index contributed by atoms with van der Waals surface area (Å²) in [6.07, 6.45) is 1.60. The van der Waals surface area contributed by atoms with Gasteiger partial charge in [-0.15, -0.1) is 11.8 Å². The first-order valence-electron chi connectivity index (χ1n) is 7.99. The molecule has 2 heterocycles. The smallest absolute Gasteiger partial charge is 0.349 e. The van der Waals surface area contributed by atoms with E-state index in [0.717, 1.165) is 5.56 Å². The van der Waals surface area contributed by atoms with Crippen LogP contribution in [0.5, 0.6) is 0 Å². The van der Waals surface area contributed by atoms with E-state index < -0.39 is 5.69 Å². The molecule has 2 aromatic rings. The van der Waals surface area contributed by atoms with Crippen LogP contribution in [-0.2, 0) is 22.7 Å². The number of hydrogen-bond donors (Lipinski definition) is 1.